The summed E-state index contributed by atoms with van der Waals surface area (Å²) in [6.07, 6.45) is 1.65. The first-order valence-corrected chi connectivity index (χ1v) is 6.09. The topological polar surface area (TPSA) is 34.2 Å². The number of methoxy groups -OCH3 is 1. The molecule has 0 saturated carbocycles. The minimum Gasteiger partial charge on any atom is -0.481 e. The van der Waals surface area contributed by atoms with Gasteiger partial charge in [-0.05, 0) is 26.1 Å². The smallest absolute Gasteiger partial charge is 0.218 e. The second-order valence-electron chi connectivity index (χ2n) is 4.35. The molecule has 0 radical (unpaired) electrons. The van der Waals surface area contributed by atoms with E-state index in [-0.39, 0.29) is 11.9 Å². The van der Waals surface area contributed by atoms with Gasteiger partial charge in [-0.1, -0.05) is 23.8 Å². The Labute approximate surface area is 112 Å². The Bertz CT molecular complexity index is 572. The van der Waals surface area contributed by atoms with Crippen molar-refractivity contribution in [1.29, 1.82) is 0 Å². The number of pyridine rings is 1. The zero-order chi connectivity index (χ0) is 13.8. The fraction of sp³-hybridized carbons (Fsp3) is 0.267. The average Bonchev–Trinajstić information content (AvgIpc) is 2.44. The van der Waals surface area contributed by atoms with Gasteiger partial charge in [-0.25, -0.2) is 9.37 Å². The van der Waals surface area contributed by atoms with Gasteiger partial charge in [0.15, 0.2) is 0 Å². The van der Waals surface area contributed by atoms with Crippen molar-refractivity contribution in [3.05, 3.63) is 59.0 Å². The summed E-state index contributed by atoms with van der Waals surface area (Å²) < 4.78 is 19.3. The van der Waals surface area contributed by atoms with Crippen LogP contribution in [0.15, 0.2) is 36.5 Å². The maximum Gasteiger partial charge on any atom is 0.218 e. The molecule has 0 amide bonds. The summed E-state index contributed by atoms with van der Waals surface area (Å²) in [5, 5.41) is 3.12. The molecule has 1 unspecified atom stereocenters. The van der Waals surface area contributed by atoms with Gasteiger partial charge in [-0.3, -0.25) is 0 Å². The highest BCUT2D eigenvalue weighted by atomic mass is 19.1. The van der Waals surface area contributed by atoms with E-state index >= 15 is 0 Å². The summed E-state index contributed by atoms with van der Waals surface area (Å²) in [4.78, 5) is 4.16. The maximum atomic E-state index is 14.0. The van der Waals surface area contributed by atoms with Gasteiger partial charge in [0.05, 0.1) is 13.2 Å². The van der Waals surface area contributed by atoms with Crippen LogP contribution in [0.2, 0.25) is 0 Å². The van der Waals surface area contributed by atoms with E-state index in [9.17, 15) is 4.39 Å². The highest BCUT2D eigenvalue weighted by Gasteiger charge is 2.20. The zero-order valence-corrected chi connectivity index (χ0v) is 11.3. The SMILES string of the molecule is CNC(c1cc(C)ccc1F)c1cccnc1OC. The summed E-state index contributed by atoms with van der Waals surface area (Å²) in [6, 6.07) is 8.49. The van der Waals surface area contributed by atoms with E-state index in [1.165, 1.54) is 6.07 Å². The van der Waals surface area contributed by atoms with Crippen LogP contribution in [0.25, 0.3) is 0 Å². The van der Waals surface area contributed by atoms with E-state index in [0.29, 0.717) is 11.4 Å². The largest absolute Gasteiger partial charge is 0.481 e. The van der Waals surface area contributed by atoms with Crippen LogP contribution in [0.4, 0.5) is 4.39 Å². The lowest BCUT2D eigenvalue weighted by Crippen LogP contribution is -2.20. The lowest BCUT2D eigenvalue weighted by atomic mass is 9.97. The predicted octanol–water partition coefficient (Wildman–Crippen LogP) is 2.85. The van der Waals surface area contributed by atoms with Crippen molar-refractivity contribution in [3.8, 4) is 5.88 Å². The molecular formula is C15H17FN2O. The van der Waals surface area contributed by atoms with Gasteiger partial charge in [0.1, 0.15) is 5.82 Å². The predicted molar refractivity (Wildman–Crippen MR) is 72.8 cm³/mol. The molecule has 1 atom stereocenters. The van der Waals surface area contributed by atoms with Gasteiger partial charge in [-0.2, -0.15) is 0 Å². The molecule has 0 saturated heterocycles. The van der Waals surface area contributed by atoms with Gasteiger partial charge in [0, 0.05) is 17.3 Å². The van der Waals surface area contributed by atoms with Crippen LogP contribution in [0.3, 0.4) is 0 Å². The number of ether oxygens (including phenoxy) is 1. The van der Waals surface area contributed by atoms with Gasteiger partial charge in [0.25, 0.3) is 0 Å². The minimum atomic E-state index is -0.288. The molecule has 1 N–H and O–H groups in total. The summed E-state index contributed by atoms with van der Waals surface area (Å²) in [7, 11) is 3.35. The first-order valence-electron chi connectivity index (χ1n) is 6.09. The molecule has 0 bridgehead atoms. The minimum absolute atomic E-state index is 0.240. The van der Waals surface area contributed by atoms with E-state index in [0.717, 1.165) is 11.1 Å². The van der Waals surface area contributed by atoms with Gasteiger partial charge in [0.2, 0.25) is 5.88 Å². The van der Waals surface area contributed by atoms with Crippen molar-refractivity contribution >= 4 is 0 Å². The van der Waals surface area contributed by atoms with Crippen molar-refractivity contribution in [1.82, 2.24) is 10.3 Å². The Hall–Kier alpha value is -1.94. The molecule has 2 aromatic rings. The highest BCUT2D eigenvalue weighted by Crippen LogP contribution is 2.29. The van der Waals surface area contributed by atoms with Crippen molar-refractivity contribution in [3.63, 3.8) is 0 Å². The van der Waals surface area contributed by atoms with Crippen LogP contribution in [0.1, 0.15) is 22.7 Å². The number of aryl methyl sites for hydroxylation is 1. The first-order chi connectivity index (χ1) is 9.17. The molecule has 1 heterocycles. The van der Waals surface area contributed by atoms with Gasteiger partial charge in [-0.15, -0.1) is 0 Å². The van der Waals surface area contributed by atoms with Crippen LogP contribution in [-0.2, 0) is 0 Å². The number of hydrogen-bond acceptors (Lipinski definition) is 3. The Morgan fingerprint density at radius 1 is 1.26 bits per heavy atom. The van der Waals surface area contributed by atoms with E-state index in [1.54, 1.807) is 26.4 Å². The number of halogens is 1. The molecule has 19 heavy (non-hydrogen) atoms. The molecule has 1 aromatic heterocycles. The third-order valence-electron chi connectivity index (χ3n) is 3.06. The number of nitrogens with one attached hydrogen (secondary N) is 1. The quantitative estimate of drug-likeness (QED) is 0.918. The highest BCUT2D eigenvalue weighted by molar-refractivity contribution is 5.39. The molecule has 0 fully saturated rings. The molecule has 2 rings (SSSR count). The fourth-order valence-corrected chi connectivity index (χ4v) is 2.16. The summed E-state index contributed by atoms with van der Waals surface area (Å²) in [5.41, 5.74) is 2.42. The zero-order valence-electron chi connectivity index (χ0n) is 11.3. The Morgan fingerprint density at radius 3 is 2.74 bits per heavy atom. The average molecular weight is 260 g/mol. The van der Waals surface area contributed by atoms with E-state index in [2.05, 4.69) is 10.3 Å². The van der Waals surface area contributed by atoms with Crippen LogP contribution in [0, 0.1) is 12.7 Å². The maximum absolute atomic E-state index is 14.0. The van der Waals surface area contributed by atoms with Gasteiger partial charge < -0.3 is 10.1 Å². The molecule has 0 spiro atoms. The van der Waals surface area contributed by atoms with Crippen molar-refractivity contribution in [2.75, 3.05) is 14.2 Å². The number of nitrogens with zero attached hydrogens (tertiary/aromatic N) is 1. The van der Waals surface area contributed by atoms with E-state index in [4.69, 9.17) is 4.74 Å². The van der Waals surface area contributed by atoms with Crippen molar-refractivity contribution < 1.29 is 9.13 Å². The second-order valence-corrected chi connectivity index (χ2v) is 4.35. The molecule has 100 valence electrons. The lowest BCUT2D eigenvalue weighted by molar-refractivity contribution is 0.387. The lowest BCUT2D eigenvalue weighted by Gasteiger charge is -2.20. The monoisotopic (exact) mass is 260 g/mol. The number of aromatic nitrogens is 1. The normalized spacial score (nSPS) is 12.2. The van der Waals surface area contributed by atoms with Crippen LogP contribution in [0.5, 0.6) is 5.88 Å². The van der Waals surface area contributed by atoms with Crippen LogP contribution in [-0.4, -0.2) is 19.1 Å². The van der Waals surface area contributed by atoms with E-state index in [1.807, 2.05) is 25.1 Å². The standard InChI is InChI=1S/C15H17FN2O/c1-10-6-7-13(16)12(9-10)14(17-2)11-5-4-8-18-15(11)19-3/h4-9,14,17H,1-3H3. The second kappa shape index (κ2) is 5.80. The van der Waals surface area contributed by atoms with Crippen molar-refractivity contribution in [2.24, 2.45) is 0 Å². The third kappa shape index (κ3) is 2.74. The molecule has 0 aliphatic heterocycles. The van der Waals surface area contributed by atoms with E-state index < -0.39 is 0 Å². The third-order valence-corrected chi connectivity index (χ3v) is 3.06. The summed E-state index contributed by atoms with van der Waals surface area (Å²) >= 11 is 0. The number of rotatable bonds is 4. The van der Waals surface area contributed by atoms with Crippen molar-refractivity contribution in [2.45, 2.75) is 13.0 Å². The van der Waals surface area contributed by atoms with Crippen LogP contribution < -0.4 is 10.1 Å². The molecule has 0 aliphatic carbocycles. The number of benzene rings is 1. The van der Waals surface area contributed by atoms with Crippen LogP contribution >= 0.6 is 0 Å². The first kappa shape index (κ1) is 13.5. The Morgan fingerprint density at radius 2 is 2.05 bits per heavy atom. The number of hydrogen-bond donors (Lipinski definition) is 1. The fourth-order valence-electron chi connectivity index (χ4n) is 2.16. The Kier molecular flexibility index (Phi) is 4.12. The van der Waals surface area contributed by atoms with Gasteiger partial charge >= 0.3 is 0 Å². The Balaban J connectivity index is 2.53. The molecule has 4 heteroatoms. The molecule has 3 nitrogen and oxygen atoms in total. The molecule has 0 aliphatic rings. The summed E-state index contributed by atoms with van der Waals surface area (Å²) in [5.74, 6) is 0.263. The summed E-state index contributed by atoms with van der Waals surface area (Å²) in [6.45, 7) is 1.94. The molecule has 1 aromatic carbocycles. The molecular weight excluding hydrogens is 243 g/mol.